The monoisotopic (exact) mass is 259 g/mol. The standard InChI is InChI=1S/C12H10ClN5/c1-18(7-14)12-6-11(15-8-16-12)17-10-4-2-3-9(13)5-10/h2-6,8H,1H3,(H,15,16,17). The molecule has 0 saturated carbocycles. The van der Waals surface area contributed by atoms with Gasteiger partial charge in [-0.25, -0.2) is 9.97 Å². The summed E-state index contributed by atoms with van der Waals surface area (Å²) >= 11 is 5.89. The van der Waals surface area contributed by atoms with Gasteiger partial charge in [0, 0.05) is 23.8 Å². The minimum absolute atomic E-state index is 0.525. The smallest absolute Gasteiger partial charge is 0.185 e. The Kier molecular flexibility index (Phi) is 3.60. The van der Waals surface area contributed by atoms with Crippen LogP contribution in [0.15, 0.2) is 36.7 Å². The SMILES string of the molecule is CN(C#N)c1cc(Nc2cccc(Cl)c2)ncn1. The third kappa shape index (κ3) is 2.87. The summed E-state index contributed by atoms with van der Waals surface area (Å²) in [5.41, 5.74) is 0.826. The van der Waals surface area contributed by atoms with Crippen molar-refractivity contribution in [2.24, 2.45) is 0 Å². The molecule has 0 atom stereocenters. The van der Waals surface area contributed by atoms with E-state index in [1.54, 1.807) is 25.2 Å². The van der Waals surface area contributed by atoms with Crippen molar-refractivity contribution in [3.8, 4) is 6.19 Å². The number of hydrogen-bond acceptors (Lipinski definition) is 5. The molecule has 2 aromatic rings. The van der Waals surface area contributed by atoms with Crippen LogP contribution >= 0.6 is 11.6 Å². The minimum Gasteiger partial charge on any atom is -0.340 e. The number of halogens is 1. The van der Waals surface area contributed by atoms with E-state index in [1.165, 1.54) is 11.2 Å². The van der Waals surface area contributed by atoms with Gasteiger partial charge in [-0.05, 0) is 18.2 Å². The average Bonchev–Trinajstić information content (AvgIpc) is 2.38. The van der Waals surface area contributed by atoms with Gasteiger partial charge < -0.3 is 5.32 Å². The van der Waals surface area contributed by atoms with Gasteiger partial charge in [0.05, 0.1) is 0 Å². The van der Waals surface area contributed by atoms with Gasteiger partial charge in [0.2, 0.25) is 0 Å². The molecule has 5 nitrogen and oxygen atoms in total. The molecular weight excluding hydrogens is 250 g/mol. The number of nitrogens with zero attached hydrogens (tertiary/aromatic N) is 4. The van der Waals surface area contributed by atoms with Gasteiger partial charge in [-0.15, -0.1) is 0 Å². The molecule has 2 rings (SSSR count). The van der Waals surface area contributed by atoms with E-state index in [4.69, 9.17) is 16.9 Å². The van der Waals surface area contributed by atoms with Crippen LogP contribution in [0.3, 0.4) is 0 Å². The molecule has 1 N–H and O–H groups in total. The van der Waals surface area contributed by atoms with E-state index < -0.39 is 0 Å². The van der Waals surface area contributed by atoms with Gasteiger partial charge in [-0.3, -0.25) is 4.90 Å². The maximum atomic E-state index is 8.78. The van der Waals surface area contributed by atoms with Crippen molar-refractivity contribution in [2.45, 2.75) is 0 Å². The Morgan fingerprint density at radius 2 is 2.17 bits per heavy atom. The topological polar surface area (TPSA) is 64.8 Å². The number of benzene rings is 1. The van der Waals surface area contributed by atoms with E-state index in [-0.39, 0.29) is 0 Å². The maximum absolute atomic E-state index is 8.78. The molecule has 1 aromatic carbocycles. The Labute approximate surface area is 110 Å². The van der Waals surface area contributed by atoms with E-state index in [1.807, 2.05) is 18.3 Å². The quantitative estimate of drug-likeness (QED) is 0.678. The number of aromatic nitrogens is 2. The van der Waals surface area contributed by atoms with Crippen LogP contribution in [0.25, 0.3) is 0 Å². The highest BCUT2D eigenvalue weighted by Crippen LogP contribution is 2.20. The van der Waals surface area contributed by atoms with Crippen molar-refractivity contribution in [3.63, 3.8) is 0 Å². The zero-order valence-electron chi connectivity index (χ0n) is 9.63. The molecule has 1 heterocycles. The molecule has 0 radical (unpaired) electrons. The molecular formula is C12H10ClN5. The summed E-state index contributed by atoms with van der Waals surface area (Å²) in [6.07, 6.45) is 3.37. The third-order valence-electron chi connectivity index (χ3n) is 2.24. The lowest BCUT2D eigenvalue weighted by Crippen LogP contribution is -2.10. The number of rotatable bonds is 3. The Morgan fingerprint density at radius 1 is 1.33 bits per heavy atom. The first kappa shape index (κ1) is 12.1. The fourth-order valence-electron chi connectivity index (χ4n) is 1.36. The van der Waals surface area contributed by atoms with Crippen molar-refractivity contribution >= 4 is 28.9 Å². The molecule has 18 heavy (non-hydrogen) atoms. The van der Waals surface area contributed by atoms with E-state index in [2.05, 4.69) is 15.3 Å². The van der Waals surface area contributed by atoms with Crippen molar-refractivity contribution in [1.82, 2.24) is 9.97 Å². The molecule has 0 aliphatic heterocycles. The molecule has 0 unspecified atom stereocenters. The molecule has 0 aliphatic carbocycles. The summed E-state index contributed by atoms with van der Waals surface area (Å²) in [6, 6.07) is 8.99. The van der Waals surface area contributed by atoms with Gasteiger partial charge in [0.1, 0.15) is 18.0 Å². The van der Waals surface area contributed by atoms with E-state index in [9.17, 15) is 0 Å². The van der Waals surface area contributed by atoms with Crippen LogP contribution < -0.4 is 10.2 Å². The van der Waals surface area contributed by atoms with Crippen molar-refractivity contribution in [1.29, 1.82) is 5.26 Å². The van der Waals surface area contributed by atoms with Crippen molar-refractivity contribution in [3.05, 3.63) is 41.7 Å². The first-order valence-electron chi connectivity index (χ1n) is 5.17. The van der Waals surface area contributed by atoms with Crippen LogP contribution in [-0.4, -0.2) is 17.0 Å². The highest BCUT2D eigenvalue weighted by molar-refractivity contribution is 6.30. The molecule has 0 aliphatic rings. The Bertz CT molecular complexity index is 593. The number of hydrogen-bond donors (Lipinski definition) is 1. The lowest BCUT2D eigenvalue weighted by molar-refractivity contribution is 1.08. The highest BCUT2D eigenvalue weighted by Gasteiger charge is 2.03. The molecule has 0 fully saturated rings. The van der Waals surface area contributed by atoms with Crippen LogP contribution in [0.4, 0.5) is 17.3 Å². The van der Waals surface area contributed by atoms with Crippen molar-refractivity contribution in [2.75, 3.05) is 17.3 Å². The average molecular weight is 260 g/mol. The Hall–Kier alpha value is -2.32. The number of nitriles is 1. The van der Waals surface area contributed by atoms with Gasteiger partial charge in [-0.2, -0.15) is 5.26 Å². The van der Waals surface area contributed by atoms with E-state index >= 15 is 0 Å². The fraction of sp³-hybridized carbons (Fsp3) is 0.0833. The Morgan fingerprint density at radius 3 is 2.89 bits per heavy atom. The summed E-state index contributed by atoms with van der Waals surface area (Å²) in [6.45, 7) is 0. The summed E-state index contributed by atoms with van der Waals surface area (Å²) in [7, 11) is 1.63. The minimum atomic E-state index is 0.525. The van der Waals surface area contributed by atoms with Gasteiger partial charge in [0.15, 0.2) is 6.19 Å². The molecule has 0 amide bonds. The molecule has 90 valence electrons. The molecule has 0 spiro atoms. The zero-order chi connectivity index (χ0) is 13.0. The predicted molar refractivity (Wildman–Crippen MR) is 70.8 cm³/mol. The second-order valence-electron chi connectivity index (χ2n) is 3.56. The number of anilines is 3. The summed E-state index contributed by atoms with van der Waals surface area (Å²) in [5.74, 6) is 1.13. The lowest BCUT2D eigenvalue weighted by Gasteiger charge is -2.10. The molecule has 0 saturated heterocycles. The normalized spacial score (nSPS) is 9.61. The van der Waals surface area contributed by atoms with Crippen LogP contribution in [0.5, 0.6) is 0 Å². The van der Waals surface area contributed by atoms with E-state index in [0.717, 1.165) is 5.69 Å². The Balaban J connectivity index is 2.22. The molecule has 0 bridgehead atoms. The second-order valence-corrected chi connectivity index (χ2v) is 3.99. The lowest BCUT2D eigenvalue weighted by atomic mass is 10.3. The van der Waals surface area contributed by atoms with Crippen LogP contribution in [-0.2, 0) is 0 Å². The number of nitrogens with one attached hydrogen (secondary N) is 1. The van der Waals surface area contributed by atoms with Gasteiger partial charge in [-0.1, -0.05) is 17.7 Å². The summed E-state index contributed by atoms with van der Waals surface area (Å²) < 4.78 is 0. The fourth-order valence-corrected chi connectivity index (χ4v) is 1.55. The van der Waals surface area contributed by atoms with Crippen LogP contribution in [0.1, 0.15) is 0 Å². The highest BCUT2D eigenvalue weighted by atomic mass is 35.5. The van der Waals surface area contributed by atoms with Gasteiger partial charge in [0.25, 0.3) is 0 Å². The third-order valence-corrected chi connectivity index (χ3v) is 2.48. The van der Waals surface area contributed by atoms with Crippen LogP contribution in [0, 0.1) is 11.5 Å². The maximum Gasteiger partial charge on any atom is 0.185 e. The molecule has 6 heteroatoms. The largest absolute Gasteiger partial charge is 0.340 e. The summed E-state index contributed by atoms with van der Waals surface area (Å²) in [5, 5.41) is 12.5. The zero-order valence-corrected chi connectivity index (χ0v) is 10.4. The molecule has 1 aromatic heterocycles. The predicted octanol–water partition coefficient (Wildman–Crippen LogP) is 2.79. The first-order chi connectivity index (χ1) is 8.69. The van der Waals surface area contributed by atoms with E-state index in [0.29, 0.717) is 16.7 Å². The van der Waals surface area contributed by atoms with Crippen molar-refractivity contribution < 1.29 is 0 Å². The van der Waals surface area contributed by atoms with Gasteiger partial charge >= 0.3 is 0 Å². The first-order valence-corrected chi connectivity index (χ1v) is 5.55. The second kappa shape index (κ2) is 5.34. The summed E-state index contributed by atoms with van der Waals surface area (Å²) in [4.78, 5) is 9.43. The van der Waals surface area contributed by atoms with Crippen LogP contribution in [0.2, 0.25) is 5.02 Å².